The summed E-state index contributed by atoms with van der Waals surface area (Å²) in [6.07, 6.45) is 27.5. The molecule has 5 aromatic carbocycles. The topological polar surface area (TPSA) is 0 Å². The van der Waals surface area contributed by atoms with Crippen molar-refractivity contribution in [3.8, 4) is 0 Å². The van der Waals surface area contributed by atoms with Gasteiger partial charge in [0.2, 0.25) is 0 Å². The molecule has 0 atom stereocenters. The molecule has 0 N–H and O–H groups in total. The molecule has 0 aromatic heterocycles. The average molecular weight is 575 g/mol. The van der Waals surface area contributed by atoms with Crippen LogP contribution in [-0.4, -0.2) is 0 Å². The van der Waals surface area contributed by atoms with Gasteiger partial charge >= 0.3 is 0 Å². The third-order valence-corrected chi connectivity index (χ3v) is 8.40. The van der Waals surface area contributed by atoms with Gasteiger partial charge in [0.1, 0.15) is 0 Å². The Morgan fingerprint density at radius 3 is 1.25 bits per heavy atom. The van der Waals surface area contributed by atoms with Gasteiger partial charge in [-0.15, -0.1) is 0 Å². The summed E-state index contributed by atoms with van der Waals surface area (Å²) in [6.45, 7) is 4.51. The van der Waals surface area contributed by atoms with Gasteiger partial charge in [-0.05, 0) is 92.7 Å². The van der Waals surface area contributed by atoms with E-state index in [2.05, 4.69) is 160 Å². The van der Waals surface area contributed by atoms with Crippen molar-refractivity contribution in [2.75, 3.05) is 0 Å². The number of allylic oxidation sites excluding steroid dienone is 4. The Morgan fingerprint density at radius 1 is 0.432 bits per heavy atom. The molecule has 0 amide bonds. The molecule has 0 aliphatic rings. The molecule has 0 nitrogen and oxygen atoms in total. The van der Waals surface area contributed by atoms with E-state index in [1.807, 2.05) is 0 Å². The molecule has 0 aliphatic carbocycles. The molecule has 44 heavy (non-hydrogen) atoms. The first-order chi connectivity index (χ1) is 21.7. The summed E-state index contributed by atoms with van der Waals surface area (Å²) >= 11 is 0. The van der Waals surface area contributed by atoms with Crippen molar-refractivity contribution in [1.29, 1.82) is 0 Å². The summed E-state index contributed by atoms with van der Waals surface area (Å²) in [5, 5.41) is 5.08. The minimum Gasteiger partial charge on any atom is -0.0654 e. The van der Waals surface area contributed by atoms with Crippen LogP contribution in [0.2, 0.25) is 0 Å². The highest BCUT2D eigenvalue weighted by atomic mass is 14.1. The Balaban J connectivity index is 1.26. The second-order valence-electron chi connectivity index (χ2n) is 11.8. The largest absolute Gasteiger partial charge is 0.0654 e. The van der Waals surface area contributed by atoms with Crippen LogP contribution in [0, 0.1) is 0 Å². The van der Waals surface area contributed by atoms with Crippen LogP contribution in [0.1, 0.15) is 85.8 Å². The predicted octanol–water partition coefficient (Wildman–Crippen LogP) is 12.9. The Morgan fingerprint density at radius 2 is 0.841 bits per heavy atom. The van der Waals surface area contributed by atoms with Crippen LogP contribution in [0.5, 0.6) is 0 Å². The third-order valence-electron chi connectivity index (χ3n) is 8.40. The second-order valence-corrected chi connectivity index (χ2v) is 11.8. The maximum Gasteiger partial charge on any atom is -0.0105 e. The third kappa shape index (κ3) is 8.80. The monoisotopic (exact) mass is 574 g/mol. The number of hydrogen-bond acceptors (Lipinski definition) is 0. The molecule has 0 radical (unpaired) electrons. The Labute approximate surface area is 265 Å². The Hall–Kier alpha value is -4.42. The molecule has 0 bridgehead atoms. The molecule has 0 unspecified atom stereocenters. The molecule has 0 spiro atoms. The number of fused-ring (bicyclic) bond motifs is 2. The first-order valence-electron chi connectivity index (χ1n) is 16.6. The van der Waals surface area contributed by atoms with E-state index in [4.69, 9.17) is 0 Å². The molecule has 0 saturated heterocycles. The van der Waals surface area contributed by atoms with E-state index < -0.39 is 0 Å². The summed E-state index contributed by atoms with van der Waals surface area (Å²) in [6, 6.07) is 35.8. The van der Waals surface area contributed by atoms with Crippen LogP contribution in [0.3, 0.4) is 0 Å². The van der Waals surface area contributed by atoms with Gasteiger partial charge in [0.05, 0.1) is 0 Å². The lowest BCUT2D eigenvalue weighted by molar-refractivity contribution is 0.717. The fourth-order valence-electron chi connectivity index (χ4n) is 5.79. The number of unbranched alkanes of at least 4 members (excludes halogenated alkanes) is 4. The summed E-state index contributed by atoms with van der Waals surface area (Å²) in [7, 11) is 0. The molecule has 0 heterocycles. The van der Waals surface area contributed by atoms with Crippen molar-refractivity contribution in [3.63, 3.8) is 0 Å². The lowest BCUT2D eigenvalue weighted by Crippen LogP contribution is -1.85. The molecule has 0 heteroatoms. The van der Waals surface area contributed by atoms with Gasteiger partial charge in [0.15, 0.2) is 0 Å². The zero-order chi connectivity index (χ0) is 30.4. The van der Waals surface area contributed by atoms with E-state index in [-0.39, 0.29) is 0 Å². The summed E-state index contributed by atoms with van der Waals surface area (Å²) in [5.74, 6) is 0. The van der Waals surface area contributed by atoms with Crippen molar-refractivity contribution < 1.29 is 0 Å². The highest BCUT2D eigenvalue weighted by Gasteiger charge is 2.04. The highest BCUT2D eigenvalue weighted by molar-refractivity contribution is 6.04. The fourth-order valence-corrected chi connectivity index (χ4v) is 5.79. The number of aryl methyl sites for hydroxylation is 2. The van der Waals surface area contributed by atoms with E-state index in [0.717, 1.165) is 0 Å². The number of hydrogen-bond donors (Lipinski definition) is 0. The van der Waals surface area contributed by atoms with Gasteiger partial charge in [-0.3, -0.25) is 0 Å². The van der Waals surface area contributed by atoms with Crippen LogP contribution in [0.25, 0.3) is 45.8 Å². The quantitative estimate of drug-likeness (QED) is 0.0703. The van der Waals surface area contributed by atoms with E-state index >= 15 is 0 Å². The molecular weight excluding hydrogens is 528 g/mol. The normalized spacial score (nSPS) is 12.2. The zero-order valence-corrected chi connectivity index (χ0v) is 26.5. The van der Waals surface area contributed by atoms with Crippen molar-refractivity contribution in [2.24, 2.45) is 0 Å². The Bertz CT molecular complexity index is 1610. The van der Waals surface area contributed by atoms with Gasteiger partial charge in [-0.25, -0.2) is 0 Å². The SMILES string of the molecule is CCCCCc1ccc(/C=C/C=C/c2cccc3cc4c(/C=C/C=C/c5ccc(CCCCC)cc5)cccc4cc23)cc1. The van der Waals surface area contributed by atoms with Crippen LogP contribution in [-0.2, 0) is 12.8 Å². The van der Waals surface area contributed by atoms with E-state index in [0.29, 0.717) is 0 Å². The standard InChI is InChI=1S/C44H46/c1-3-5-7-15-35-25-29-37(30-26-35)17-9-11-19-39-21-13-23-41-34-44-40(22-14-24-42(44)33-43(39)41)20-12-10-18-38-31-27-36(28-32-38)16-8-6-4-2/h9-14,17-34H,3-8,15-16H2,1-2H3/b17-9+,18-10+,19-11+,20-12+. The van der Waals surface area contributed by atoms with Crippen molar-refractivity contribution >= 4 is 45.8 Å². The van der Waals surface area contributed by atoms with E-state index in [1.165, 1.54) is 106 Å². The van der Waals surface area contributed by atoms with Gasteiger partial charge in [0, 0.05) is 0 Å². The first kappa shape index (κ1) is 31.0. The summed E-state index contributed by atoms with van der Waals surface area (Å²) < 4.78 is 0. The summed E-state index contributed by atoms with van der Waals surface area (Å²) in [4.78, 5) is 0. The Kier molecular flexibility index (Phi) is 11.6. The van der Waals surface area contributed by atoms with Gasteiger partial charge < -0.3 is 0 Å². The maximum absolute atomic E-state index is 2.33. The minimum absolute atomic E-state index is 1.18. The van der Waals surface area contributed by atoms with E-state index in [9.17, 15) is 0 Å². The predicted molar refractivity (Wildman–Crippen MR) is 197 cm³/mol. The lowest BCUT2D eigenvalue weighted by atomic mass is 9.96. The lowest BCUT2D eigenvalue weighted by Gasteiger charge is -2.08. The van der Waals surface area contributed by atoms with Crippen molar-refractivity contribution in [3.05, 3.63) is 155 Å². The second kappa shape index (κ2) is 16.4. The van der Waals surface area contributed by atoms with Crippen LogP contribution < -0.4 is 0 Å². The maximum atomic E-state index is 2.33. The van der Waals surface area contributed by atoms with Crippen LogP contribution in [0.4, 0.5) is 0 Å². The van der Waals surface area contributed by atoms with Crippen molar-refractivity contribution in [1.82, 2.24) is 0 Å². The molecule has 222 valence electrons. The molecule has 5 aromatic rings. The van der Waals surface area contributed by atoms with Crippen LogP contribution in [0.15, 0.2) is 121 Å². The van der Waals surface area contributed by atoms with Gasteiger partial charge in [0.25, 0.3) is 0 Å². The zero-order valence-electron chi connectivity index (χ0n) is 26.5. The van der Waals surface area contributed by atoms with Gasteiger partial charge in [-0.1, -0.05) is 173 Å². The molecule has 0 fully saturated rings. The first-order valence-corrected chi connectivity index (χ1v) is 16.6. The molecule has 0 saturated carbocycles. The smallest absolute Gasteiger partial charge is 0.0105 e. The van der Waals surface area contributed by atoms with Crippen LogP contribution >= 0.6 is 0 Å². The number of rotatable bonds is 14. The fraction of sp³-hybridized carbons (Fsp3) is 0.227. The van der Waals surface area contributed by atoms with Crippen molar-refractivity contribution in [2.45, 2.75) is 65.2 Å². The minimum atomic E-state index is 1.18. The van der Waals surface area contributed by atoms with E-state index in [1.54, 1.807) is 0 Å². The molecular formula is C44H46. The van der Waals surface area contributed by atoms with Gasteiger partial charge in [-0.2, -0.15) is 0 Å². The highest BCUT2D eigenvalue weighted by Crippen LogP contribution is 2.29. The molecule has 0 aliphatic heterocycles. The molecule has 5 rings (SSSR count). The average Bonchev–Trinajstić information content (AvgIpc) is 3.06. The number of benzene rings is 5. The summed E-state index contributed by atoms with van der Waals surface area (Å²) in [5.41, 5.74) is 7.82.